The van der Waals surface area contributed by atoms with Crippen LogP contribution in [0, 0.1) is 23.3 Å². The van der Waals surface area contributed by atoms with Crippen LogP contribution in [0.15, 0.2) is 24.3 Å². The van der Waals surface area contributed by atoms with Gasteiger partial charge in [-0.3, -0.25) is 9.63 Å². The van der Waals surface area contributed by atoms with E-state index >= 15 is 0 Å². The van der Waals surface area contributed by atoms with E-state index in [1.54, 1.807) is 6.92 Å². The lowest BCUT2D eigenvalue weighted by molar-refractivity contribution is -0.0133. The Bertz CT molecular complexity index is 851. The molecule has 0 aliphatic rings. The SMILES string of the molecule is CCC(O)CONC(=O)c1cc(Cl)c(F)c(F)c1Nc1ccc(F)cc1F. The molecule has 3 N–H and O–H groups in total. The molecular formula is C17H15ClF4N2O3. The van der Waals surface area contributed by atoms with Gasteiger partial charge in [0, 0.05) is 6.07 Å². The predicted octanol–water partition coefficient (Wildman–Crippen LogP) is 4.07. The highest BCUT2D eigenvalue weighted by Crippen LogP contribution is 2.32. The summed E-state index contributed by atoms with van der Waals surface area (Å²) in [6.07, 6.45) is -0.478. The average Bonchev–Trinajstić information content (AvgIpc) is 2.63. The van der Waals surface area contributed by atoms with Crippen molar-refractivity contribution in [3.8, 4) is 0 Å². The molecule has 2 rings (SSSR count). The van der Waals surface area contributed by atoms with Gasteiger partial charge in [-0.15, -0.1) is 0 Å². The zero-order valence-corrected chi connectivity index (χ0v) is 14.7. The van der Waals surface area contributed by atoms with E-state index < -0.39 is 57.2 Å². The van der Waals surface area contributed by atoms with E-state index in [2.05, 4.69) is 5.32 Å². The maximum absolute atomic E-state index is 14.3. The minimum absolute atomic E-state index is 0.241. The lowest BCUT2D eigenvalue weighted by Crippen LogP contribution is -2.29. The van der Waals surface area contributed by atoms with E-state index in [-0.39, 0.29) is 6.61 Å². The molecule has 1 unspecified atom stereocenters. The van der Waals surface area contributed by atoms with Crippen LogP contribution in [-0.2, 0) is 4.84 Å². The number of hydrogen-bond donors (Lipinski definition) is 3. The Morgan fingerprint density at radius 2 is 1.93 bits per heavy atom. The zero-order chi connectivity index (χ0) is 20.1. The number of hydroxylamine groups is 1. The second kappa shape index (κ2) is 9.03. The maximum atomic E-state index is 14.3. The van der Waals surface area contributed by atoms with Crippen molar-refractivity contribution in [2.24, 2.45) is 0 Å². The Hall–Kier alpha value is -2.36. The number of aliphatic hydroxyl groups is 1. The van der Waals surface area contributed by atoms with Crippen LogP contribution in [0.3, 0.4) is 0 Å². The van der Waals surface area contributed by atoms with Crippen molar-refractivity contribution >= 4 is 28.9 Å². The van der Waals surface area contributed by atoms with Gasteiger partial charge in [0.05, 0.1) is 28.1 Å². The second-order valence-electron chi connectivity index (χ2n) is 5.46. The molecule has 0 saturated heterocycles. The van der Waals surface area contributed by atoms with Gasteiger partial charge in [-0.2, -0.15) is 0 Å². The first-order valence-electron chi connectivity index (χ1n) is 7.74. The molecule has 0 radical (unpaired) electrons. The lowest BCUT2D eigenvalue weighted by Gasteiger charge is -2.15. The number of halogens is 5. The first-order valence-corrected chi connectivity index (χ1v) is 8.12. The number of anilines is 2. The molecule has 5 nitrogen and oxygen atoms in total. The first kappa shape index (κ1) is 20.9. The van der Waals surface area contributed by atoms with Gasteiger partial charge in [0.2, 0.25) is 0 Å². The molecule has 0 heterocycles. The van der Waals surface area contributed by atoms with Gasteiger partial charge in [0.15, 0.2) is 11.6 Å². The molecule has 1 atom stereocenters. The number of benzene rings is 2. The highest BCUT2D eigenvalue weighted by Gasteiger charge is 2.23. The van der Waals surface area contributed by atoms with Crippen LogP contribution in [-0.4, -0.2) is 23.7 Å². The number of carbonyl (C=O) groups is 1. The molecule has 0 aliphatic heterocycles. The largest absolute Gasteiger partial charge is 0.391 e. The summed E-state index contributed by atoms with van der Waals surface area (Å²) in [5.41, 5.74) is 0.338. The van der Waals surface area contributed by atoms with Crippen LogP contribution in [0.5, 0.6) is 0 Å². The van der Waals surface area contributed by atoms with Crippen LogP contribution >= 0.6 is 11.6 Å². The molecule has 2 aromatic rings. The van der Waals surface area contributed by atoms with E-state index in [1.165, 1.54) is 0 Å². The molecule has 0 fully saturated rings. The van der Waals surface area contributed by atoms with Crippen LogP contribution < -0.4 is 10.8 Å². The fourth-order valence-corrected chi connectivity index (χ4v) is 2.19. The van der Waals surface area contributed by atoms with Crippen molar-refractivity contribution in [2.75, 3.05) is 11.9 Å². The van der Waals surface area contributed by atoms with Crippen molar-refractivity contribution < 1.29 is 32.3 Å². The number of nitrogens with one attached hydrogen (secondary N) is 2. The number of amides is 1. The summed E-state index contributed by atoms with van der Waals surface area (Å²) in [4.78, 5) is 17.0. The third kappa shape index (κ3) is 5.09. The molecular weight excluding hydrogens is 392 g/mol. The summed E-state index contributed by atoms with van der Waals surface area (Å²) in [6.45, 7) is 1.44. The van der Waals surface area contributed by atoms with Crippen LogP contribution in [0.4, 0.5) is 28.9 Å². The standard InChI is InChI=1S/C17H15ClF4N2O3/c1-2-9(25)7-27-24-17(26)10-6-11(18)14(21)15(22)16(10)23-13-4-3-8(19)5-12(13)20/h3-6,9,23,25H,2,7H2,1H3,(H,24,26). The average molecular weight is 407 g/mol. The number of aliphatic hydroxyl groups excluding tert-OH is 1. The fourth-order valence-electron chi connectivity index (χ4n) is 2.00. The first-order chi connectivity index (χ1) is 12.7. The topological polar surface area (TPSA) is 70.6 Å². The number of carbonyl (C=O) groups excluding carboxylic acids is 1. The monoisotopic (exact) mass is 406 g/mol. The maximum Gasteiger partial charge on any atom is 0.277 e. The molecule has 0 aromatic heterocycles. The van der Waals surface area contributed by atoms with Crippen LogP contribution in [0.25, 0.3) is 0 Å². The molecule has 0 aliphatic carbocycles. The highest BCUT2D eigenvalue weighted by atomic mass is 35.5. The van der Waals surface area contributed by atoms with Gasteiger partial charge in [-0.1, -0.05) is 18.5 Å². The van der Waals surface area contributed by atoms with Crippen molar-refractivity contribution in [2.45, 2.75) is 19.4 Å². The van der Waals surface area contributed by atoms with Gasteiger partial charge >= 0.3 is 0 Å². The molecule has 10 heteroatoms. The molecule has 0 spiro atoms. The van der Waals surface area contributed by atoms with Crippen molar-refractivity contribution in [3.05, 3.63) is 58.1 Å². The summed E-state index contributed by atoms with van der Waals surface area (Å²) in [6, 6.07) is 3.19. The van der Waals surface area contributed by atoms with Gasteiger partial charge in [-0.05, 0) is 24.6 Å². The number of hydrogen-bond acceptors (Lipinski definition) is 4. The molecule has 0 bridgehead atoms. The molecule has 1 amide bonds. The Kier molecular flexibility index (Phi) is 7.00. The summed E-state index contributed by atoms with van der Waals surface area (Å²) in [5.74, 6) is -5.98. The third-order valence-electron chi connectivity index (χ3n) is 3.51. The van der Waals surface area contributed by atoms with Crippen molar-refractivity contribution in [3.63, 3.8) is 0 Å². The fraction of sp³-hybridized carbons (Fsp3) is 0.235. The van der Waals surface area contributed by atoms with E-state index in [1.807, 2.05) is 5.48 Å². The van der Waals surface area contributed by atoms with Crippen molar-refractivity contribution in [1.29, 1.82) is 0 Å². The Morgan fingerprint density at radius 3 is 2.56 bits per heavy atom. The molecule has 27 heavy (non-hydrogen) atoms. The smallest absolute Gasteiger partial charge is 0.277 e. The van der Waals surface area contributed by atoms with Gasteiger partial charge < -0.3 is 10.4 Å². The summed E-state index contributed by atoms with van der Waals surface area (Å²) in [7, 11) is 0. The van der Waals surface area contributed by atoms with E-state index in [4.69, 9.17) is 16.4 Å². The zero-order valence-electron chi connectivity index (χ0n) is 14.0. The Balaban J connectivity index is 2.34. The van der Waals surface area contributed by atoms with Crippen LogP contribution in [0.1, 0.15) is 23.7 Å². The molecule has 146 valence electrons. The third-order valence-corrected chi connectivity index (χ3v) is 3.78. The normalized spacial score (nSPS) is 12.0. The van der Waals surface area contributed by atoms with Crippen molar-refractivity contribution in [1.82, 2.24) is 5.48 Å². The highest BCUT2D eigenvalue weighted by molar-refractivity contribution is 6.31. The van der Waals surface area contributed by atoms with E-state index in [0.29, 0.717) is 12.5 Å². The van der Waals surface area contributed by atoms with Gasteiger partial charge in [0.25, 0.3) is 5.91 Å². The molecule has 0 saturated carbocycles. The summed E-state index contributed by atoms with van der Waals surface area (Å²) < 4.78 is 54.9. The van der Waals surface area contributed by atoms with Gasteiger partial charge in [0.1, 0.15) is 18.2 Å². The predicted molar refractivity (Wildman–Crippen MR) is 90.7 cm³/mol. The Labute approximate surface area is 156 Å². The number of rotatable bonds is 7. The Morgan fingerprint density at radius 1 is 1.22 bits per heavy atom. The molecule has 2 aromatic carbocycles. The van der Waals surface area contributed by atoms with E-state index in [0.717, 1.165) is 18.2 Å². The minimum atomic E-state index is -1.54. The second-order valence-corrected chi connectivity index (χ2v) is 5.87. The van der Waals surface area contributed by atoms with E-state index in [9.17, 15) is 27.5 Å². The summed E-state index contributed by atoms with van der Waals surface area (Å²) >= 11 is 5.57. The van der Waals surface area contributed by atoms with Gasteiger partial charge in [-0.25, -0.2) is 23.0 Å². The van der Waals surface area contributed by atoms with Crippen LogP contribution in [0.2, 0.25) is 5.02 Å². The summed E-state index contributed by atoms with van der Waals surface area (Å²) in [5, 5.41) is 10.9. The quantitative estimate of drug-likeness (QED) is 0.368. The lowest BCUT2D eigenvalue weighted by atomic mass is 10.1. The minimum Gasteiger partial charge on any atom is -0.391 e.